The van der Waals surface area contributed by atoms with Gasteiger partial charge in [0.15, 0.2) is 6.61 Å². The fourth-order valence-electron chi connectivity index (χ4n) is 3.36. The molecule has 4 nitrogen and oxygen atoms in total. The Bertz CT molecular complexity index is 510. The summed E-state index contributed by atoms with van der Waals surface area (Å²) in [6.07, 6.45) is 7.24. The highest BCUT2D eigenvalue weighted by atomic mass is 16.5. The number of hydrogen-bond donors (Lipinski definition) is 2. The predicted octanol–water partition coefficient (Wildman–Crippen LogP) is 2.06. The smallest absolute Gasteiger partial charge is 0.257 e. The standard InChI is InChI=1S/C18H26N2O2/c21-18(20-12-14-4-3-9-19-11-14)13-22-17-8-7-15-5-1-2-6-16(15)10-17/h7-8,10,14,19H,1-6,9,11-13H2,(H,20,21). The molecule has 1 heterocycles. The molecule has 4 heteroatoms. The topological polar surface area (TPSA) is 50.4 Å². The molecule has 1 unspecified atom stereocenters. The summed E-state index contributed by atoms with van der Waals surface area (Å²) in [4.78, 5) is 11.9. The lowest BCUT2D eigenvalue weighted by molar-refractivity contribution is -0.123. The highest BCUT2D eigenvalue weighted by Gasteiger charge is 2.14. The molecule has 1 saturated heterocycles. The van der Waals surface area contributed by atoms with Crippen molar-refractivity contribution < 1.29 is 9.53 Å². The van der Waals surface area contributed by atoms with E-state index >= 15 is 0 Å². The fraction of sp³-hybridized carbons (Fsp3) is 0.611. The van der Waals surface area contributed by atoms with Gasteiger partial charge in [0, 0.05) is 6.54 Å². The molecule has 1 aliphatic carbocycles. The van der Waals surface area contributed by atoms with Gasteiger partial charge in [-0.05, 0) is 80.8 Å². The molecule has 0 spiro atoms. The van der Waals surface area contributed by atoms with Crippen molar-refractivity contribution in [3.8, 4) is 5.75 Å². The number of piperidine rings is 1. The van der Waals surface area contributed by atoms with Gasteiger partial charge in [-0.25, -0.2) is 0 Å². The van der Waals surface area contributed by atoms with E-state index in [1.807, 2.05) is 6.07 Å². The summed E-state index contributed by atoms with van der Waals surface area (Å²) in [6, 6.07) is 6.24. The van der Waals surface area contributed by atoms with Gasteiger partial charge >= 0.3 is 0 Å². The van der Waals surface area contributed by atoms with Gasteiger partial charge in [0.25, 0.3) is 5.91 Å². The first-order chi connectivity index (χ1) is 10.8. The van der Waals surface area contributed by atoms with Crippen LogP contribution < -0.4 is 15.4 Å². The lowest BCUT2D eigenvalue weighted by Crippen LogP contribution is -2.39. The number of nitrogens with one attached hydrogen (secondary N) is 2. The van der Waals surface area contributed by atoms with Crippen LogP contribution in [-0.4, -0.2) is 32.1 Å². The van der Waals surface area contributed by atoms with Gasteiger partial charge in [0.2, 0.25) is 0 Å². The molecule has 1 atom stereocenters. The summed E-state index contributed by atoms with van der Waals surface area (Å²) in [5, 5.41) is 6.34. The largest absolute Gasteiger partial charge is 0.484 e. The first-order valence-electron chi connectivity index (χ1n) is 8.53. The van der Waals surface area contributed by atoms with Crippen LogP contribution in [0.3, 0.4) is 0 Å². The normalized spacial score (nSPS) is 21.0. The molecule has 1 aliphatic heterocycles. The van der Waals surface area contributed by atoms with Crippen LogP contribution in [-0.2, 0) is 17.6 Å². The molecule has 1 aromatic rings. The van der Waals surface area contributed by atoms with Crippen LogP contribution in [0.5, 0.6) is 5.75 Å². The molecule has 0 saturated carbocycles. The number of fused-ring (bicyclic) bond motifs is 1. The Labute approximate surface area is 132 Å². The van der Waals surface area contributed by atoms with Crippen LogP contribution in [0.15, 0.2) is 18.2 Å². The van der Waals surface area contributed by atoms with E-state index in [2.05, 4.69) is 22.8 Å². The van der Waals surface area contributed by atoms with E-state index < -0.39 is 0 Å². The molecule has 120 valence electrons. The van der Waals surface area contributed by atoms with E-state index in [0.29, 0.717) is 5.92 Å². The SMILES string of the molecule is O=C(COc1ccc2c(c1)CCCC2)NCC1CCCNC1. The third-order valence-electron chi connectivity index (χ3n) is 4.68. The second kappa shape index (κ2) is 7.63. The number of ether oxygens (including phenoxy) is 1. The second-order valence-electron chi connectivity index (χ2n) is 6.44. The Hall–Kier alpha value is -1.55. The van der Waals surface area contributed by atoms with Gasteiger partial charge in [0.1, 0.15) is 5.75 Å². The number of carbonyl (C=O) groups is 1. The minimum atomic E-state index is -0.0247. The van der Waals surface area contributed by atoms with Crippen LogP contribution in [0, 0.1) is 5.92 Å². The molecule has 2 aliphatic rings. The van der Waals surface area contributed by atoms with Crippen molar-refractivity contribution in [2.45, 2.75) is 38.5 Å². The maximum absolute atomic E-state index is 11.9. The van der Waals surface area contributed by atoms with E-state index in [1.165, 1.54) is 43.2 Å². The quantitative estimate of drug-likeness (QED) is 0.875. The van der Waals surface area contributed by atoms with Gasteiger partial charge in [-0.1, -0.05) is 6.07 Å². The van der Waals surface area contributed by atoms with Crippen molar-refractivity contribution in [1.29, 1.82) is 0 Å². The molecule has 22 heavy (non-hydrogen) atoms. The van der Waals surface area contributed by atoms with E-state index in [9.17, 15) is 4.79 Å². The number of carbonyl (C=O) groups excluding carboxylic acids is 1. The Morgan fingerprint density at radius 2 is 2.09 bits per heavy atom. The molecular weight excluding hydrogens is 276 g/mol. The monoisotopic (exact) mass is 302 g/mol. The highest BCUT2D eigenvalue weighted by Crippen LogP contribution is 2.25. The van der Waals surface area contributed by atoms with Gasteiger partial charge in [-0.15, -0.1) is 0 Å². The van der Waals surface area contributed by atoms with Crippen molar-refractivity contribution in [2.24, 2.45) is 5.92 Å². The zero-order valence-electron chi connectivity index (χ0n) is 13.2. The van der Waals surface area contributed by atoms with Crippen LogP contribution in [0.2, 0.25) is 0 Å². The Morgan fingerprint density at radius 3 is 2.91 bits per heavy atom. The summed E-state index contributed by atoms with van der Waals surface area (Å²) in [5.74, 6) is 1.35. The summed E-state index contributed by atoms with van der Waals surface area (Å²) in [5.41, 5.74) is 2.82. The minimum Gasteiger partial charge on any atom is -0.484 e. The number of amides is 1. The van der Waals surface area contributed by atoms with Gasteiger partial charge < -0.3 is 15.4 Å². The fourth-order valence-corrected chi connectivity index (χ4v) is 3.36. The molecule has 2 N–H and O–H groups in total. The summed E-state index contributed by atoms with van der Waals surface area (Å²) in [7, 11) is 0. The van der Waals surface area contributed by atoms with Crippen molar-refractivity contribution in [1.82, 2.24) is 10.6 Å². The van der Waals surface area contributed by atoms with E-state index in [-0.39, 0.29) is 12.5 Å². The van der Waals surface area contributed by atoms with Gasteiger partial charge in [0.05, 0.1) is 0 Å². The molecule has 0 radical (unpaired) electrons. The summed E-state index contributed by atoms with van der Waals surface area (Å²) in [6.45, 7) is 2.97. The van der Waals surface area contributed by atoms with Crippen LogP contribution in [0.25, 0.3) is 0 Å². The Balaban J connectivity index is 1.42. The number of aryl methyl sites for hydroxylation is 2. The minimum absolute atomic E-state index is 0.0247. The molecule has 3 rings (SSSR count). The van der Waals surface area contributed by atoms with E-state index in [0.717, 1.165) is 31.8 Å². The molecule has 1 fully saturated rings. The number of rotatable bonds is 5. The Kier molecular flexibility index (Phi) is 5.33. The van der Waals surface area contributed by atoms with E-state index in [1.54, 1.807) is 0 Å². The average molecular weight is 302 g/mol. The maximum atomic E-state index is 11.9. The number of hydrogen-bond acceptors (Lipinski definition) is 3. The van der Waals surface area contributed by atoms with Crippen LogP contribution >= 0.6 is 0 Å². The van der Waals surface area contributed by atoms with Crippen molar-refractivity contribution >= 4 is 5.91 Å². The first-order valence-corrected chi connectivity index (χ1v) is 8.53. The molecule has 0 aromatic heterocycles. The van der Waals surface area contributed by atoms with Gasteiger partial charge in [-0.3, -0.25) is 4.79 Å². The first kappa shape index (κ1) is 15.3. The van der Waals surface area contributed by atoms with Crippen LogP contribution in [0.4, 0.5) is 0 Å². The zero-order valence-corrected chi connectivity index (χ0v) is 13.2. The van der Waals surface area contributed by atoms with Crippen molar-refractivity contribution in [3.63, 3.8) is 0 Å². The third kappa shape index (κ3) is 4.23. The third-order valence-corrected chi connectivity index (χ3v) is 4.68. The van der Waals surface area contributed by atoms with Crippen LogP contribution in [0.1, 0.15) is 36.8 Å². The maximum Gasteiger partial charge on any atom is 0.257 e. The molecule has 0 bridgehead atoms. The summed E-state index contributed by atoms with van der Waals surface area (Å²) >= 11 is 0. The second-order valence-corrected chi connectivity index (χ2v) is 6.44. The van der Waals surface area contributed by atoms with Crippen molar-refractivity contribution in [2.75, 3.05) is 26.2 Å². The molecule has 1 aromatic carbocycles. The lowest BCUT2D eigenvalue weighted by Gasteiger charge is -2.22. The summed E-state index contributed by atoms with van der Waals surface area (Å²) < 4.78 is 5.65. The number of benzene rings is 1. The lowest BCUT2D eigenvalue weighted by atomic mass is 9.92. The highest BCUT2D eigenvalue weighted by molar-refractivity contribution is 5.77. The van der Waals surface area contributed by atoms with E-state index in [4.69, 9.17) is 4.74 Å². The average Bonchev–Trinajstić information content (AvgIpc) is 2.59. The van der Waals surface area contributed by atoms with Gasteiger partial charge in [-0.2, -0.15) is 0 Å². The molecular formula is C18H26N2O2. The molecule has 1 amide bonds. The predicted molar refractivity (Wildman–Crippen MR) is 87.2 cm³/mol. The Morgan fingerprint density at radius 1 is 1.23 bits per heavy atom. The van der Waals surface area contributed by atoms with Crippen molar-refractivity contribution in [3.05, 3.63) is 29.3 Å². The zero-order chi connectivity index (χ0) is 15.2.